The van der Waals surface area contributed by atoms with E-state index in [4.69, 9.17) is 0 Å². The molecule has 2 N–H and O–H groups in total. The second-order valence-electron chi connectivity index (χ2n) is 7.82. The van der Waals surface area contributed by atoms with E-state index < -0.39 is 0 Å². The quantitative estimate of drug-likeness (QED) is 0.764. The number of benzene rings is 2. The standard InChI is InChI=1S/C23H28NOP/c1-23(2,3)24-16-19-11-7-8-12-21(19)26-22-15-18(13-14-20(22)25)17-9-5-4-6-10-17/h4-9,11-15,17,24-26H,10,16H2,1-3H3. The van der Waals surface area contributed by atoms with E-state index in [2.05, 4.69) is 80.7 Å². The molecule has 0 aromatic heterocycles. The zero-order valence-electron chi connectivity index (χ0n) is 15.8. The summed E-state index contributed by atoms with van der Waals surface area (Å²) >= 11 is 0. The van der Waals surface area contributed by atoms with Crippen LogP contribution in [-0.4, -0.2) is 10.6 Å². The van der Waals surface area contributed by atoms with Gasteiger partial charge < -0.3 is 10.4 Å². The molecule has 26 heavy (non-hydrogen) atoms. The summed E-state index contributed by atoms with van der Waals surface area (Å²) in [7, 11) is 0.446. The number of allylic oxidation sites excluding steroid dienone is 4. The number of nitrogens with one attached hydrogen (secondary N) is 1. The van der Waals surface area contributed by atoms with Crippen molar-refractivity contribution in [3.05, 3.63) is 77.9 Å². The Morgan fingerprint density at radius 1 is 1.08 bits per heavy atom. The topological polar surface area (TPSA) is 32.3 Å². The highest BCUT2D eigenvalue weighted by Crippen LogP contribution is 2.28. The molecular formula is C23H28NOP. The first-order valence-electron chi connectivity index (χ1n) is 9.18. The number of phenolic OH excluding ortho intramolecular Hbond substituents is 1. The Morgan fingerprint density at radius 3 is 2.62 bits per heavy atom. The normalized spacial score (nSPS) is 17.3. The smallest absolute Gasteiger partial charge is 0.123 e. The van der Waals surface area contributed by atoms with Gasteiger partial charge in [0.25, 0.3) is 0 Å². The van der Waals surface area contributed by atoms with Gasteiger partial charge in [0.1, 0.15) is 5.75 Å². The van der Waals surface area contributed by atoms with Gasteiger partial charge in [-0.15, -0.1) is 0 Å². The van der Waals surface area contributed by atoms with Crippen LogP contribution in [0.5, 0.6) is 5.75 Å². The highest BCUT2D eigenvalue weighted by atomic mass is 31.1. The fourth-order valence-corrected chi connectivity index (χ4v) is 4.27. The summed E-state index contributed by atoms with van der Waals surface area (Å²) in [6.07, 6.45) is 9.66. The van der Waals surface area contributed by atoms with E-state index in [0.717, 1.165) is 18.3 Å². The SMILES string of the molecule is CC(C)(C)NCc1ccccc1Pc1cc(C2C=CC=CC2)ccc1O. The summed E-state index contributed by atoms with van der Waals surface area (Å²) in [5.41, 5.74) is 2.65. The molecule has 2 nitrogen and oxygen atoms in total. The van der Waals surface area contributed by atoms with Crippen molar-refractivity contribution < 1.29 is 5.11 Å². The molecule has 3 heteroatoms. The van der Waals surface area contributed by atoms with Gasteiger partial charge in [-0.1, -0.05) is 63.2 Å². The van der Waals surface area contributed by atoms with Gasteiger partial charge in [-0.3, -0.25) is 0 Å². The number of phenols is 1. The molecule has 0 aliphatic heterocycles. The molecule has 0 radical (unpaired) electrons. The lowest BCUT2D eigenvalue weighted by Crippen LogP contribution is -2.36. The lowest BCUT2D eigenvalue weighted by Gasteiger charge is -2.22. The molecule has 2 unspecified atom stereocenters. The van der Waals surface area contributed by atoms with Crippen LogP contribution in [0.15, 0.2) is 66.8 Å². The Labute approximate surface area is 158 Å². The third kappa shape index (κ3) is 5.06. The van der Waals surface area contributed by atoms with Gasteiger partial charge in [0.2, 0.25) is 0 Å². The summed E-state index contributed by atoms with van der Waals surface area (Å²) < 4.78 is 0. The van der Waals surface area contributed by atoms with Gasteiger partial charge >= 0.3 is 0 Å². The first kappa shape index (κ1) is 18.9. The van der Waals surface area contributed by atoms with Crippen LogP contribution in [0.4, 0.5) is 0 Å². The van der Waals surface area contributed by atoms with Gasteiger partial charge in [-0.2, -0.15) is 0 Å². The zero-order valence-corrected chi connectivity index (χ0v) is 16.8. The van der Waals surface area contributed by atoms with Crippen LogP contribution in [0.2, 0.25) is 0 Å². The second kappa shape index (κ2) is 8.20. The fourth-order valence-electron chi connectivity index (χ4n) is 3.01. The molecule has 1 aliphatic carbocycles. The van der Waals surface area contributed by atoms with Crippen LogP contribution in [0, 0.1) is 0 Å². The largest absolute Gasteiger partial charge is 0.507 e. The first-order valence-corrected chi connectivity index (χ1v) is 10.2. The molecule has 2 aromatic rings. The Balaban J connectivity index is 1.82. The third-order valence-electron chi connectivity index (χ3n) is 4.53. The highest BCUT2D eigenvalue weighted by Gasteiger charge is 2.14. The van der Waals surface area contributed by atoms with Crippen LogP contribution >= 0.6 is 8.58 Å². The molecule has 3 rings (SSSR count). The Kier molecular flexibility index (Phi) is 5.96. The van der Waals surface area contributed by atoms with E-state index >= 15 is 0 Å². The van der Waals surface area contributed by atoms with Crippen LogP contribution in [0.1, 0.15) is 44.2 Å². The minimum Gasteiger partial charge on any atom is -0.507 e. The van der Waals surface area contributed by atoms with Crippen LogP contribution in [0.3, 0.4) is 0 Å². The molecule has 0 spiro atoms. The molecule has 2 atom stereocenters. The van der Waals surface area contributed by atoms with Crippen molar-refractivity contribution in [2.45, 2.75) is 45.2 Å². The Bertz CT molecular complexity index is 817. The van der Waals surface area contributed by atoms with Gasteiger partial charge in [0.15, 0.2) is 0 Å². The van der Waals surface area contributed by atoms with E-state index in [1.807, 2.05) is 12.1 Å². The lowest BCUT2D eigenvalue weighted by molar-refractivity contribution is 0.425. The maximum Gasteiger partial charge on any atom is 0.123 e. The number of aromatic hydroxyl groups is 1. The summed E-state index contributed by atoms with van der Waals surface area (Å²) in [4.78, 5) is 0. The second-order valence-corrected chi connectivity index (χ2v) is 9.14. The van der Waals surface area contributed by atoms with E-state index in [0.29, 0.717) is 20.2 Å². The molecule has 0 amide bonds. The molecule has 0 saturated carbocycles. The van der Waals surface area contributed by atoms with Crippen molar-refractivity contribution in [3.8, 4) is 5.75 Å². The van der Waals surface area contributed by atoms with Gasteiger partial charge in [-0.25, -0.2) is 0 Å². The minimum atomic E-state index is 0.0825. The molecule has 136 valence electrons. The molecule has 0 bridgehead atoms. The van der Waals surface area contributed by atoms with Crippen LogP contribution in [-0.2, 0) is 6.54 Å². The van der Waals surface area contributed by atoms with E-state index in [-0.39, 0.29) is 5.54 Å². The van der Waals surface area contributed by atoms with Crippen molar-refractivity contribution >= 4 is 19.2 Å². The molecule has 0 saturated heterocycles. The van der Waals surface area contributed by atoms with Crippen LogP contribution < -0.4 is 15.9 Å². The average molecular weight is 365 g/mol. The molecule has 1 aliphatic rings. The van der Waals surface area contributed by atoms with Crippen LogP contribution in [0.25, 0.3) is 0 Å². The average Bonchev–Trinajstić information content (AvgIpc) is 2.63. The van der Waals surface area contributed by atoms with Crippen molar-refractivity contribution in [1.29, 1.82) is 0 Å². The van der Waals surface area contributed by atoms with E-state index in [1.54, 1.807) is 0 Å². The van der Waals surface area contributed by atoms with Gasteiger partial charge in [0, 0.05) is 23.3 Å². The third-order valence-corrected chi connectivity index (χ3v) is 5.95. The number of hydrogen-bond acceptors (Lipinski definition) is 2. The zero-order chi connectivity index (χ0) is 18.6. The van der Waals surface area contributed by atoms with Gasteiger partial charge in [-0.05, 0) is 55.8 Å². The molecule has 0 fully saturated rings. The Hall–Kier alpha value is -1.89. The van der Waals surface area contributed by atoms with Crippen molar-refractivity contribution in [2.24, 2.45) is 0 Å². The highest BCUT2D eigenvalue weighted by molar-refractivity contribution is 7.55. The molecule has 2 aromatic carbocycles. The lowest BCUT2D eigenvalue weighted by atomic mass is 9.93. The van der Waals surface area contributed by atoms with Gasteiger partial charge in [0.05, 0.1) is 0 Å². The summed E-state index contributed by atoms with van der Waals surface area (Å²) in [6.45, 7) is 7.38. The van der Waals surface area contributed by atoms with E-state index in [9.17, 15) is 5.11 Å². The summed E-state index contributed by atoms with van der Waals surface area (Å²) in [5, 5.41) is 16.3. The predicted molar refractivity (Wildman–Crippen MR) is 114 cm³/mol. The van der Waals surface area contributed by atoms with Crippen molar-refractivity contribution in [1.82, 2.24) is 5.32 Å². The minimum absolute atomic E-state index is 0.0825. The van der Waals surface area contributed by atoms with E-state index in [1.165, 1.54) is 16.4 Å². The fraction of sp³-hybridized carbons (Fsp3) is 0.304. The predicted octanol–water partition coefficient (Wildman–Crippen LogP) is 4.51. The Morgan fingerprint density at radius 2 is 1.88 bits per heavy atom. The summed E-state index contributed by atoms with van der Waals surface area (Å²) in [6, 6.07) is 14.6. The molecular weight excluding hydrogens is 337 g/mol. The first-order chi connectivity index (χ1) is 12.4. The maximum absolute atomic E-state index is 10.4. The summed E-state index contributed by atoms with van der Waals surface area (Å²) in [5.74, 6) is 0.794. The molecule has 0 heterocycles. The maximum atomic E-state index is 10.4. The van der Waals surface area contributed by atoms with Crippen molar-refractivity contribution in [3.63, 3.8) is 0 Å². The van der Waals surface area contributed by atoms with Crippen molar-refractivity contribution in [2.75, 3.05) is 0 Å². The number of rotatable bonds is 5. The monoisotopic (exact) mass is 365 g/mol. The number of hydrogen-bond donors (Lipinski definition) is 2.